The van der Waals surface area contributed by atoms with E-state index in [2.05, 4.69) is 20.5 Å². The second-order valence-electron chi connectivity index (χ2n) is 8.06. The Morgan fingerprint density at radius 3 is 2.41 bits per heavy atom. The van der Waals surface area contributed by atoms with E-state index >= 15 is 0 Å². The van der Waals surface area contributed by atoms with Crippen LogP contribution in [0.25, 0.3) is 16.8 Å². The topological polar surface area (TPSA) is 55.1 Å². The van der Waals surface area contributed by atoms with Gasteiger partial charge in [0, 0.05) is 11.6 Å². The molecule has 0 atom stereocenters. The maximum Gasteiger partial charge on any atom is 0.416 e. The van der Waals surface area contributed by atoms with Crippen molar-refractivity contribution < 1.29 is 26.3 Å². The van der Waals surface area contributed by atoms with Crippen LogP contribution in [0, 0.1) is 6.92 Å². The van der Waals surface area contributed by atoms with Gasteiger partial charge in [-0.2, -0.15) is 26.3 Å². The molecule has 2 aromatic heterocycles. The van der Waals surface area contributed by atoms with Crippen molar-refractivity contribution in [2.75, 3.05) is 5.32 Å². The Hall–Kier alpha value is -2.85. The summed E-state index contributed by atoms with van der Waals surface area (Å²) < 4.78 is 80.6. The number of nitrogens with one attached hydrogen (secondary N) is 1. The number of benzene rings is 1. The third-order valence-corrected chi connectivity index (χ3v) is 5.66. The van der Waals surface area contributed by atoms with E-state index in [9.17, 15) is 26.3 Å². The van der Waals surface area contributed by atoms with E-state index < -0.39 is 29.9 Å². The zero-order valence-corrected chi connectivity index (χ0v) is 17.2. The molecular weight excluding hydrogens is 436 g/mol. The van der Waals surface area contributed by atoms with Gasteiger partial charge >= 0.3 is 12.4 Å². The van der Waals surface area contributed by atoms with Crippen LogP contribution in [0.5, 0.6) is 0 Å². The summed E-state index contributed by atoms with van der Waals surface area (Å²) in [7, 11) is 0. The summed E-state index contributed by atoms with van der Waals surface area (Å²) in [6.45, 7) is 1.67. The molecule has 4 rings (SSSR count). The Morgan fingerprint density at radius 2 is 1.75 bits per heavy atom. The number of hydrogen-bond donors (Lipinski definition) is 1. The van der Waals surface area contributed by atoms with Gasteiger partial charge in [-0.3, -0.25) is 4.40 Å². The molecule has 1 aromatic carbocycles. The van der Waals surface area contributed by atoms with Gasteiger partial charge in [-0.15, -0.1) is 10.2 Å². The first-order valence-corrected chi connectivity index (χ1v) is 10.3. The molecule has 0 amide bonds. The molecule has 32 heavy (non-hydrogen) atoms. The monoisotopic (exact) mass is 457 g/mol. The summed E-state index contributed by atoms with van der Waals surface area (Å²) in [5.74, 6) is 0.403. The van der Waals surface area contributed by atoms with Crippen molar-refractivity contribution in [3.63, 3.8) is 0 Å². The molecule has 172 valence electrons. The predicted molar refractivity (Wildman–Crippen MR) is 106 cm³/mol. The summed E-state index contributed by atoms with van der Waals surface area (Å²) in [4.78, 5) is 4.24. The highest BCUT2D eigenvalue weighted by Crippen LogP contribution is 2.37. The molecule has 1 aliphatic rings. The maximum absolute atomic E-state index is 13.2. The highest BCUT2D eigenvalue weighted by molar-refractivity contribution is 5.81. The largest absolute Gasteiger partial charge is 0.416 e. The molecule has 0 radical (unpaired) electrons. The normalized spacial score (nSPS) is 16.0. The van der Waals surface area contributed by atoms with Gasteiger partial charge in [0.25, 0.3) is 0 Å². The standard InChI is InChI=1S/C21H21F6N5/c1-12-18-17(16-8-7-14(21(25,26)27)9-13(16)10-20(22,23)24)30-31-19(32(18)11-28-12)29-15-5-3-2-4-6-15/h7-9,11,15H,2-6,10H2,1H3,(H,29,31). The summed E-state index contributed by atoms with van der Waals surface area (Å²) in [5.41, 5.74) is -0.772. The second kappa shape index (κ2) is 8.25. The van der Waals surface area contributed by atoms with Crippen molar-refractivity contribution in [3.05, 3.63) is 41.3 Å². The van der Waals surface area contributed by atoms with Crippen molar-refractivity contribution in [2.45, 2.75) is 63.8 Å². The highest BCUT2D eigenvalue weighted by atomic mass is 19.4. The predicted octanol–water partition coefficient (Wildman–Crippen LogP) is 5.97. The molecule has 0 spiro atoms. The number of aryl methyl sites for hydroxylation is 1. The smallest absolute Gasteiger partial charge is 0.351 e. The molecule has 2 heterocycles. The number of imidazole rings is 1. The van der Waals surface area contributed by atoms with Gasteiger partial charge in [0.2, 0.25) is 5.95 Å². The molecule has 11 heteroatoms. The maximum atomic E-state index is 13.2. The third-order valence-electron chi connectivity index (χ3n) is 5.66. The van der Waals surface area contributed by atoms with Gasteiger partial charge < -0.3 is 5.32 Å². The Balaban J connectivity index is 1.82. The van der Waals surface area contributed by atoms with Crippen molar-refractivity contribution in [1.82, 2.24) is 19.6 Å². The van der Waals surface area contributed by atoms with Crippen LogP contribution >= 0.6 is 0 Å². The number of nitrogens with zero attached hydrogens (tertiary/aromatic N) is 4. The summed E-state index contributed by atoms with van der Waals surface area (Å²) in [6.07, 6.45) is -4.22. The molecule has 1 N–H and O–H groups in total. The molecule has 0 unspecified atom stereocenters. The summed E-state index contributed by atoms with van der Waals surface area (Å²) in [6, 6.07) is 2.50. The van der Waals surface area contributed by atoms with E-state index in [-0.39, 0.29) is 17.3 Å². The van der Waals surface area contributed by atoms with Crippen LogP contribution in [0.1, 0.15) is 48.9 Å². The van der Waals surface area contributed by atoms with E-state index in [0.717, 1.165) is 44.2 Å². The number of hydrogen-bond acceptors (Lipinski definition) is 4. The van der Waals surface area contributed by atoms with Gasteiger partial charge in [-0.1, -0.05) is 25.3 Å². The lowest BCUT2D eigenvalue weighted by Crippen LogP contribution is -2.24. The zero-order chi connectivity index (χ0) is 23.1. The Kier molecular flexibility index (Phi) is 5.76. The van der Waals surface area contributed by atoms with Gasteiger partial charge in [0.05, 0.1) is 23.2 Å². The first-order chi connectivity index (χ1) is 15.0. The number of rotatable bonds is 4. The SMILES string of the molecule is Cc1ncn2c(NC3CCCCC3)nnc(-c3ccc(C(F)(F)F)cc3CC(F)(F)F)c12. The van der Waals surface area contributed by atoms with Crippen LogP contribution < -0.4 is 5.32 Å². The second-order valence-corrected chi connectivity index (χ2v) is 8.06. The summed E-state index contributed by atoms with van der Waals surface area (Å²) >= 11 is 0. The van der Waals surface area contributed by atoms with Crippen LogP contribution in [-0.4, -0.2) is 31.8 Å². The van der Waals surface area contributed by atoms with Gasteiger partial charge in [-0.25, -0.2) is 4.98 Å². The molecule has 5 nitrogen and oxygen atoms in total. The lowest BCUT2D eigenvalue weighted by atomic mass is 9.96. The zero-order valence-electron chi connectivity index (χ0n) is 17.2. The third kappa shape index (κ3) is 4.66. The van der Waals surface area contributed by atoms with Crippen molar-refractivity contribution in [2.24, 2.45) is 0 Å². The fraction of sp³-hybridized carbons (Fsp3) is 0.476. The van der Waals surface area contributed by atoms with E-state index in [1.807, 2.05) is 0 Å². The van der Waals surface area contributed by atoms with E-state index in [4.69, 9.17) is 0 Å². The van der Waals surface area contributed by atoms with Crippen molar-refractivity contribution in [1.29, 1.82) is 0 Å². The molecule has 0 bridgehead atoms. The molecule has 0 saturated heterocycles. The number of aromatic nitrogens is 4. The molecular formula is C21H21F6N5. The minimum Gasteiger partial charge on any atom is -0.351 e. The minimum absolute atomic E-state index is 0.0550. The Morgan fingerprint density at radius 1 is 1.03 bits per heavy atom. The first kappa shape index (κ1) is 22.3. The highest BCUT2D eigenvalue weighted by Gasteiger charge is 2.35. The number of alkyl halides is 6. The van der Waals surface area contributed by atoms with Crippen molar-refractivity contribution in [3.8, 4) is 11.3 Å². The average Bonchev–Trinajstić information content (AvgIpc) is 3.10. The first-order valence-electron chi connectivity index (χ1n) is 10.3. The minimum atomic E-state index is -4.76. The van der Waals surface area contributed by atoms with Crippen LogP contribution in [0.15, 0.2) is 24.5 Å². The van der Waals surface area contributed by atoms with Gasteiger partial charge in [0.15, 0.2) is 0 Å². The van der Waals surface area contributed by atoms with Crippen LogP contribution in [0.4, 0.5) is 32.3 Å². The van der Waals surface area contributed by atoms with Crippen LogP contribution in [-0.2, 0) is 12.6 Å². The molecule has 3 aromatic rings. The van der Waals surface area contributed by atoms with Crippen LogP contribution in [0.3, 0.4) is 0 Å². The fourth-order valence-corrected chi connectivity index (χ4v) is 4.15. The van der Waals surface area contributed by atoms with E-state index in [1.54, 1.807) is 11.3 Å². The number of halogens is 6. The number of fused-ring (bicyclic) bond motifs is 1. The molecule has 0 aliphatic heterocycles. The van der Waals surface area contributed by atoms with E-state index in [0.29, 0.717) is 23.2 Å². The fourth-order valence-electron chi connectivity index (χ4n) is 4.15. The Labute approximate surface area is 179 Å². The molecule has 1 saturated carbocycles. The lowest BCUT2D eigenvalue weighted by Gasteiger charge is -2.23. The molecule has 1 aliphatic carbocycles. The van der Waals surface area contributed by atoms with Crippen molar-refractivity contribution >= 4 is 11.5 Å². The van der Waals surface area contributed by atoms with Crippen LogP contribution in [0.2, 0.25) is 0 Å². The molecule has 1 fully saturated rings. The van der Waals surface area contributed by atoms with Gasteiger partial charge in [0.1, 0.15) is 12.0 Å². The quantitative estimate of drug-likeness (QED) is 0.491. The Bertz CT molecular complexity index is 1110. The average molecular weight is 457 g/mol. The van der Waals surface area contributed by atoms with Gasteiger partial charge in [-0.05, 0) is 37.5 Å². The van der Waals surface area contributed by atoms with E-state index in [1.165, 1.54) is 6.33 Å². The number of anilines is 1. The summed E-state index contributed by atoms with van der Waals surface area (Å²) in [5, 5.41) is 11.6. The lowest BCUT2D eigenvalue weighted by molar-refractivity contribution is -0.138.